The van der Waals surface area contributed by atoms with Gasteiger partial charge in [0.15, 0.2) is 0 Å². The van der Waals surface area contributed by atoms with Gasteiger partial charge < -0.3 is 20.2 Å². The highest BCUT2D eigenvalue weighted by Crippen LogP contribution is 2.24. The molecule has 19 heavy (non-hydrogen) atoms. The van der Waals surface area contributed by atoms with E-state index in [0.29, 0.717) is 25.7 Å². The molecule has 2 heterocycles. The van der Waals surface area contributed by atoms with E-state index >= 15 is 0 Å². The van der Waals surface area contributed by atoms with E-state index in [2.05, 4.69) is 17.3 Å². The van der Waals surface area contributed by atoms with E-state index in [9.17, 15) is 9.59 Å². The number of hydrogen-bond donors (Lipinski definition) is 2. The van der Waals surface area contributed by atoms with E-state index in [1.54, 1.807) is 11.8 Å². The number of carboxylic acids is 1. The fourth-order valence-corrected chi connectivity index (χ4v) is 2.75. The van der Waals surface area contributed by atoms with Crippen molar-refractivity contribution in [3.05, 3.63) is 0 Å². The summed E-state index contributed by atoms with van der Waals surface area (Å²) in [6.45, 7) is 4.60. The highest BCUT2D eigenvalue weighted by Gasteiger charge is 2.37. The molecule has 2 aliphatic heterocycles. The van der Waals surface area contributed by atoms with Crippen molar-refractivity contribution in [2.45, 2.75) is 25.8 Å². The largest absolute Gasteiger partial charge is 0.481 e. The van der Waals surface area contributed by atoms with E-state index in [1.165, 1.54) is 6.42 Å². The Balaban J connectivity index is 1.67. The van der Waals surface area contributed by atoms with Crippen LogP contribution in [-0.2, 0) is 4.79 Å². The number of nitrogens with zero attached hydrogens (tertiary/aromatic N) is 2. The van der Waals surface area contributed by atoms with Crippen LogP contribution in [0.1, 0.15) is 19.8 Å². The zero-order valence-electron chi connectivity index (χ0n) is 11.6. The number of amides is 2. The molecular formula is C13H23N3O3. The Bertz CT molecular complexity index is 355. The van der Waals surface area contributed by atoms with Crippen molar-refractivity contribution in [1.82, 2.24) is 15.1 Å². The van der Waals surface area contributed by atoms with Crippen molar-refractivity contribution in [2.24, 2.45) is 11.8 Å². The number of likely N-dealkylation sites (tertiary alicyclic amines) is 2. The van der Waals surface area contributed by atoms with Gasteiger partial charge in [-0.25, -0.2) is 4.79 Å². The summed E-state index contributed by atoms with van der Waals surface area (Å²) in [5, 5.41) is 11.8. The van der Waals surface area contributed by atoms with Crippen LogP contribution < -0.4 is 5.32 Å². The standard InChI is InChI=1S/C13H23N3O3/c1-9(12(17)18)10-7-16(8-10)13(19)14-6-11-4-3-5-15(11)2/h9-11H,3-8H2,1-2H3,(H,14,19)(H,17,18). The van der Waals surface area contributed by atoms with Gasteiger partial charge in [0.2, 0.25) is 0 Å². The number of carbonyl (C=O) groups excluding carboxylic acids is 1. The lowest BCUT2D eigenvalue weighted by Crippen LogP contribution is -2.57. The number of nitrogens with one attached hydrogen (secondary N) is 1. The van der Waals surface area contributed by atoms with Gasteiger partial charge in [0.25, 0.3) is 0 Å². The van der Waals surface area contributed by atoms with Crippen molar-refractivity contribution in [2.75, 3.05) is 33.2 Å². The van der Waals surface area contributed by atoms with Crippen LogP contribution in [0, 0.1) is 11.8 Å². The van der Waals surface area contributed by atoms with Crippen LogP contribution in [0.15, 0.2) is 0 Å². The lowest BCUT2D eigenvalue weighted by Gasteiger charge is -2.41. The molecule has 2 atom stereocenters. The topological polar surface area (TPSA) is 72.9 Å². The summed E-state index contributed by atoms with van der Waals surface area (Å²) < 4.78 is 0. The zero-order valence-corrected chi connectivity index (χ0v) is 11.6. The minimum Gasteiger partial charge on any atom is -0.481 e. The zero-order chi connectivity index (χ0) is 14.0. The highest BCUT2D eigenvalue weighted by molar-refractivity contribution is 5.76. The third kappa shape index (κ3) is 3.18. The summed E-state index contributed by atoms with van der Waals surface area (Å²) in [5.41, 5.74) is 0. The molecule has 0 aromatic carbocycles. The number of aliphatic carboxylic acids is 1. The van der Waals surface area contributed by atoms with Crippen LogP contribution in [0.3, 0.4) is 0 Å². The molecule has 108 valence electrons. The SMILES string of the molecule is CC(C(=O)O)C1CN(C(=O)NCC2CCCN2C)C1. The van der Waals surface area contributed by atoms with Crippen LogP contribution >= 0.6 is 0 Å². The first-order valence-electron chi connectivity index (χ1n) is 6.95. The van der Waals surface area contributed by atoms with Gasteiger partial charge >= 0.3 is 12.0 Å². The van der Waals surface area contributed by atoms with Crippen molar-refractivity contribution < 1.29 is 14.7 Å². The number of carboxylic acid groups (broad SMARTS) is 1. The Morgan fingerprint density at radius 3 is 2.63 bits per heavy atom. The third-order valence-electron chi connectivity index (χ3n) is 4.45. The summed E-state index contributed by atoms with van der Waals surface area (Å²) in [6, 6.07) is 0.383. The van der Waals surface area contributed by atoms with Crippen LogP contribution in [0.2, 0.25) is 0 Å². The molecule has 6 nitrogen and oxygen atoms in total. The normalized spacial score (nSPS) is 26.0. The molecule has 2 N–H and O–H groups in total. The molecule has 2 amide bonds. The summed E-state index contributed by atoms with van der Waals surface area (Å²) in [6.07, 6.45) is 2.33. The van der Waals surface area contributed by atoms with Crippen molar-refractivity contribution in [3.63, 3.8) is 0 Å². The van der Waals surface area contributed by atoms with Gasteiger partial charge in [-0.2, -0.15) is 0 Å². The maximum atomic E-state index is 11.9. The lowest BCUT2D eigenvalue weighted by atomic mass is 9.87. The Kier molecular flexibility index (Phi) is 4.29. The monoisotopic (exact) mass is 269 g/mol. The molecule has 0 bridgehead atoms. The van der Waals surface area contributed by atoms with Gasteiger partial charge in [0, 0.05) is 31.6 Å². The molecule has 6 heteroatoms. The summed E-state index contributed by atoms with van der Waals surface area (Å²) in [4.78, 5) is 26.7. The number of likely N-dealkylation sites (N-methyl/N-ethyl adjacent to an activating group) is 1. The highest BCUT2D eigenvalue weighted by atomic mass is 16.4. The summed E-state index contributed by atoms with van der Waals surface area (Å²) >= 11 is 0. The van der Waals surface area contributed by atoms with Gasteiger partial charge in [-0.1, -0.05) is 6.92 Å². The van der Waals surface area contributed by atoms with E-state index in [4.69, 9.17) is 5.11 Å². The second-order valence-corrected chi connectivity index (χ2v) is 5.75. The molecule has 2 unspecified atom stereocenters. The van der Waals surface area contributed by atoms with Gasteiger partial charge in [0.05, 0.1) is 5.92 Å². The third-order valence-corrected chi connectivity index (χ3v) is 4.45. The smallest absolute Gasteiger partial charge is 0.317 e. The molecule has 0 aromatic heterocycles. The molecule has 0 aromatic rings. The molecule has 0 saturated carbocycles. The predicted molar refractivity (Wildman–Crippen MR) is 70.9 cm³/mol. The van der Waals surface area contributed by atoms with E-state index in [-0.39, 0.29) is 17.9 Å². The summed E-state index contributed by atoms with van der Waals surface area (Å²) in [7, 11) is 2.08. The van der Waals surface area contributed by atoms with E-state index < -0.39 is 5.97 Å². The molecule has 2 rings (SSSR count). The van der Waals surface area contributed by atoms with Gasteiger partial charge in [-0.15, -0.1) is 0 Å². The van der Waals surface area contributed by atoms with Gasteiger partial charge in [-0.05, 0) is 26.4 Å². The van der Waals surface area contributed by atoms with Crippen LogP contribution in [0.25, 0.3) is 0 Å². The Labute approximate surface area is 113 Å². The maximum Gasteiger partial charge on any atom is 0.317 e. The van der Waals surface area contributed by atoms with Gasteiger partial charge in [0.1, 0.15) is 0 Å². The first-order chi connectivity index (χ1) is 8.99. The minimum atomic E-state index is -0.780. The fraction of sp³-hybridized carbons (Fsp3) is 0.846. The quantitative estimate of drug-likeness (QED) is 0.777. The molecular weight excluding hydrogens is 246 g/mol. The molecule has 2 fully saturated rings. The van der Waals surface area contributed by atoms with Crippen LogP contribution in [-0.4, -0.2) is 66.2 Å². The Morgan fingerprint density at radius 1 is 1.42 bits per heavy atom. The summed E-state index contributed by atoms with van der Waals surface area (Å²) in [5.74, 6) is -1.06. The second-order valence-electron chi connectivity index (χ2n) is 5.75. The molecule has 2 aliphatic rings. The number of carbonyl (C=O) groups is 2. The van der Waals surface area contributed by atoms with Crippen molar-refractivity contribution in [3.8, 4) is 0 Å². The maximum absolute atomic E-state index is 11.9. The second kappa shape index (κ2) is 5.77. The number of urea groups is 1. The van der Waals surface area contributed by atoms with Crippen LogP contribution in [0.4, 0.5) is 4.79 Å². The van der Waals surface area contributed by atoms with Crippen LogP contribution in [0.5, 0.6) is 0 Å². The fourth-order valence-electron chi connectivity index (χ4n) is 2.75. The van der Waals surface area contributed by atoms with Gasteiger partial charge in [-0.3, -0.25) is 4.79 Å². The Morgan fingerprint density at radius 2 is 2.11 bits per heavy atom. The number of rotatable bonds is 4. The van der Waals surface area contributed by atoms with E-state index in [0.717, 1.165) is 13.0 Å². The average Bonchev–Trinajstić information content (AvgIpc) is 2.70. The first-order valence-corrected chi connectivity index (χ1v) is 6.95. The molecule has 0 radical (unpaired) electrons. The van der Waals surface area contributed by atoms with E-state index in [1.807, 2.05) is 0 Å². The predicted octanol–water partition coefficient (Wildman–Crippen LogP) is 0.443. The molecule has 0 aliphatic carbocycles. The Hall–Kier alpha value is -1.30. The van der Waals surface area contributed by atoms with Crippen molar-refractivity contribution >= 4 is 12.0 Å². The number of hydrogen-bond acceptors (Lipinski definition) is 3. The first kappa shape index (κ1) is 14.1. The molecule has 0 spiro atoms. The average molecular weight is 269 g/mol. The lowest BCUT2D eigenvalue weighted by molar-refractivity contribution is -0.144. The molecule has 2 saturated heterocycles. The van der Waals surface area contributed by atoms with Crippen molar-refractivity contribution in [1.29, 1.82) is 0 Å². The minimum absolute atomic E-state index is 0.0610.